The Hall–Kier alpha value is -2.10. The van der Waals surface area contributed by atoms with Crippen molar-refractivity contribution in [1.82, 2.24) is 0 Å². The minimum absolute atomic E-state index is 0.0268. The van der Waals surface area contributed by atoms with Gasteiger partial charge in [0.15, 0.2) is 11.5 Å². The van der Waals surface area contributed by atoms with Gasteiger partial charge in [-0.05, 0) is 52.3 Å². The smallest absolute Gasteiger partial charge is 0.256 e. The van der Waals surface area contributed by atoms with Crippen LogP contribution in [-0.4, -0.2) is 27.5 Å². The lowest BCUT2D eigenvalue weighted by Crippen LogP contribution is -2.18. The highest BCUT2D eigenvalue weighted by Crippen LogP contribution is 2.35. The molecule has 9 heteroatoms. The molecule has 0 atom stereocenters. The number of anilines is 1. The number of ether oxygens (including phenoxy) is 2. The number of carbonyl (C=O) groups excluding carboxylic acids is 1. The van der Waals surface area contributed by atoms with Crippen molar-refractivity contribution in [2.45, 2.75) is 4.90 Å². The third-order valence-corrected chi connectivity index (χ3v) is 4.90. The average molecular weight is 413 g/mol. The molecule has 126 valence electrons. The van der Waals surface area contributed by atoms with Gasteiger partial charge in [0.1, 0.15) is 13.2 Å². The molecule has 0 aliphatic carbocycles. The van der Waals surface area contributed by atoms with Gasteiger partial charge in [0, 0.05) is 10.2 Å². The molecule has 3 rings (SSSR count). The zero-order valence-electron chi connectivity index (χ0n) is 12.3. The van der Waals surface area contributed by atoms with Gasteiger partial charge in [0.2, 0.25) is 10.0 Å². The van der Waals surface area contributed by atoms with Gasteiger partial charge < -0.3 is 14.8 Å². The summed E-state index contributed by atoms with van der Waals surface area (Å²) in [6.45, 7) is 0.881. The van der Waals surface area contributed by atoms with Gasteiger partial charge in [-0.2, -0.15) is 0 Å². The van der Waals surface area contributed by atoms with Crippen LogP contribution in [0.1, 0.15) is 10.4 Å². The van der Waals surface area contributed by atoms with Gasteiger partial charge in [-0.15, -0.1) is 0 Å². The Morgan fingerprint density at radius 3 is 2.25 bits per heavy atom. The summed E-state index contributed by atoms with van der Waals surface area (Å²) >= 11 is 3.33. The van der Waals surface area contributed by atoms with Crippen molar-refractivity contribution < 1.29 is 22.7 Å². The SMILES string of the molecule is NS(=O)(=O)c1ccc(NC(=O)c2cc3c(cc2Br)OCCO3)cc1. The highest BCUT2D eigenvalue weighted by Gasteiger charge is 2.19. The number of fused-ring (bicyclic) bond motifs is 1. The molecule has 0 saturated carbocycles. The lowest BCUT2D eigenvalue weighted by Gasteiger charge is -2.19. The van der Waals surface area contributed by atoms with Crippen LogP contribution in [0.5, 0.6) is 11.5 Å². The highest BCUT2D eigenvalue weighted by molar-refractivity contribution is 9.10. The topological polar surface area (TPSA) is 108 Å². The molecule has 0 spiro atoms. The second-order valence-electron chi connectivity index (χ2n) is 5.00. The fourth-order valence-electron chi connectivity index (χ4n) is 2.16. The van der Waals surface area contributed by atoms with Crippen LogP contribution >= 0.6 is 15.9 Å². The number of rotatable bonds is 3. The minimum atomic E-state index is -3.77. The predicted octanol–water partition coefficient (Wildman–Crippen LogP) is 2.12. The fraction of sp³-hybridized carbons (Fsp3) is 0.133. The van der Waals surface area contributed by atoms with Crippen molar-refractivity contribution in [3.63, 3.8) is 0 Å². The maximum absolute atomic E-state index is 12.4. The third-order valence-electron chi connectivity index (χ3n) is 3.32. The fourth-order valence-corrected chi connectivity index (χ4v) is 3.18. The van der Waals surface area contributed by atoms with Crippen LogP contribution in [0, 0.1) is 0 Å². The number of nitrogens with one attached hydrogen (secondary N) is 1. The van der Waals surface area contributed by atoms with Gasteiger partial charge in [-0.3, -0.25) is 4.79 Å². The lowest BCUT2D eigenvalue weighted by molar-refractivity contribution is 0.102. The Bertz CT molecular complexity index is 897. The number of amides is 1. The molecule has 0 aromatic heterocycles. The maximum atomic E-state index is 12.4. The Kier molecular flexibility index (Phi) is 4.48. The van der Waals surface area contributed by atoms with E-state index in [0.717, 1.165) is 0 Å². The van der Waals surface area contributed by atoms with Gasteiger partial charge in [0.25, 0.3) is 5.91 Å². The van der Waals surface area contributed by atoms with Gasteiger partial charge in [0.05, 0.1) is 10.5 Å². The van der Waals surface area contributed by atoms with E-state index in [2.05, 4.69) is 21.2 Å². The number of hydrogen-bond donors (Lipinski definition) is 2. The molecule has 1 heterocycles. The molecule has 3 N–H and O–H groups in total. The molecule has 2 aromatic carbocycles. The van der Waals surface area contributed by atoms with E-state index < -0.39 is 10.0 Å². The van der Waals surface area contributed by atoms with E-state index in [0.29, 0.717) is 40.4 Å². The Balaban J connectivity index is 1.82. The summed E-state index contributed by atoms with van der Waals surface area (Å²) in [5, 5.41) is 7.72. The van der Waals surface area contributed by atoms with E-state index in [-0.39, 0.29) is 10.8 Å². The van der Waals surface area contributed by atoms with Crippen molar-refractivity contribution in [1.29, 1.82) is 0 Å². The van der Waals surface area contributed by atoms with Crippen LogP contribution in [0.4, 0.5) is 5.69 Å². The van der Waals surface area contributed by atoms with E-state index in [1.54, 1.807) is 12.1 Å². The first-order chi connectivity index (χ1) is 11.3. The quantitative estimate of drug-likeness (QED) is 0.802. The molecule has 0 radical (unpaired) electrons. The predicted molar refractivity (Wildman–Crippen MR) is 90.9 cm³/mol. The summed E-state index contributed by atoms with van der Waals surface area (Å²) in [7, 11) is -3.77. The van der Waals surface area contributed by atoms with Crippen LogP contribution in [0.3, 0.4) is 0 Å². The summed E-state index contributed by atoms with van der Waals surface area (Å²) in [6, 6.07) is 8.83. The van der Waals surface area contributed by atoms with Crippen molar-refractivity contribution in [2.24, 2.45) is 5.14 Å². The zero-order valence-corrected chi connectivity index (χ0v) is 14.7. The number of sulfonamides is 1. The van der Waals surface area contributed by atoms with E-state index >= 15 is 0 Å². The van der Waals surface area contributed by atoms with Crippen molar-refractivity contribution in [3.8, 4) is 11.5 Å². The summed E-state index contributed by atoms with van der Waals surface area (Å²) in [5.41, 5.74) is 0.809. The molecule has 0 unspecified atom stereocenters. The van der Waals surface area contributed by atoms with Crippen molar-refractivity contribution in [2.75, 3.05) is 18.5 Å². The summed E-state index contributed by atoms with van der Waals surface area (Å²) in [4.78, 5) is 12.4. The number of nitrogens with two attached hydrogens (primary N) is 1. The van der Waals surface area contributed by atoms with Gasteiger partial charge >= 0.3 is 0 Å². The minimum Gasteiger partial charge on any atom is -0.486 e. The Morgan fingerprint density at radius 2 is 1.67 bits per heavy atom. The molecule has 0 fully saturated rings. The Morgan fingerprint density at radius 1 is 1.08 bits per heavy atom. The van der Waals surface area contributed by atoms with Gasteiger partial charge in [-0.1, -0.05) is 0 Å². The zero-order chi connectivity index (χ0) is 17.3. The highest BCUT2D eigenvalue weighted by atomic mass is 79.9. The Labute approximate surface area is 146 Å². The molecule has 0 saturated heterocycles. The van der Waals surface area contributed by atoms with Gasteiger partial charge in [-0.25, -0.2) is 13.6 Å². The van der Waals surface area contributed by atoms with E-state index in [1.807, 2.05) is 0 Å². The van der Waals surface area contributed by atoms with Crippen molar-refractivity contribution in [3.05, 3.63) is 46.4 Å². The van der Waals surface area contributed by atoms with E-state index in [4.69, 9.17) is 14.6 Å². The van der Waals surface area contributed by atoms with Crippen LogP contribution in [0.2, 0.25) is 0 Å². The number of halogens is 1. The molecular formula is C15H13BrN2O5S. The number of benzene rings is 2. The molecule has 1 aliphatic heterocycles. The molecule has 1 amide bonds. The lowest BCUT2D eigenvalue weighted by atomic mass is 10.1. The second-order valence-corrected chi connectivity index (χ2v) is 7.41. The van der Waals surface area contributed by atoms with Crippen LogP contribution < -0.4 is 19.9 Å². The largest absolute Gasteiger partial charge is 0.486 e. The van der Waals surface area contributed by atoms with Crippen LogP contribution in [0.15, 0.2) is 45.8 Å². The monoisotopic (exact) mass is 412 g/mol. The number of hydrogen-bond acceptors (Lipinski definition) is 5. The first-order valence-corrected chi connectivity index (χ1v) is 9.22. The maximum Gasteiger partial charge on any atom is 0.256 e. The van der Waals surface area contributed by atoms with E-state index in [9.17, 15) is 13.2 Å². The molecular weight excluding hydrogens is 400 g/mol. The first kappa shape index (κ1) is 16.7. The van der Waals surface area contributed by atoms with Crippen LogP contribution in [-0.2, 0) is 10.0 Å². The van der Waals surface area contributed by atoms with Crippen LogP contribution in [0.25, 0.3) is 0 Å². The first-order valence-electron chi connectivity index (χ1n) is 6.88. The summed E-state index contributed by atoms with van der Waals surface area (Å²) in [6.07, 6.45) is 0. The molecule has 24 heavy (non-hydrogen) atoms. The number of primary sulfonamides is 1. The normalized spacial score (nSPS) is 13.4. The standard InChI is InChI=1S/C15H13BrN2O5S/c16-12-8-14-13(22-5-6-23-14)7-11(12)15(19)18-9-1-3-10(4-2-9)24(17,20)21/h1-4,7-8H,5-6H2,(H,18,19)(H2,17,20,21). The third kappa shape index (κ3) is 3.53. The summed E-state index contributed by atoms with van der Waals surface area (Å²) < 4.78 is 33.9. The average Bonchev–Trinajstić information content (AvgIpc) is 2.53. The second kappa shape index (κ2) is 6.42. The molecule has 1 aliphatic rings. The summed E-state index contributed by atoms with van der Waals surface area (Å²) in [5.74, 6) is 0.698. The van der Waals surface area contributed by atoms with E-state index in [1.165, 1.54) is 24.3 Å². The number of carbonyl (C=O) groups is 1. The molecule has 0 bridgehead atoms. The molecule has 7 nitrogen and oxygen atoms in total. The molecule has 2 aromatic rings. The van der Waals surface area contributed by atoms with Crippen molar-refractivity contribution >= 4 is 37.5 Å².